The third-order valence-corrected chi connectivity index (χ3v) is 6.92. The maximum Gasteiger partial charge on any atom is 0.228 e. The Kier molecular flexibility index (Phi) is 4.70. The molecule has 2 heterocycles. The highest BCUT2D eigenvalue weighted by Crippen LogP contribution is 2.32. The molecule has 0 aliphatic heterocycles. The van der Waals surface area contributed by atoms with E-state index in [-0.39, 0.29) is 12.3 Å². The Morgan fingerprint density at radius 2 is 1.85 bits per heavy atom. The fraction of sp³-hybridized carbons (Fsp3) is 0.0714. The van der Waals surface area contributed by atoms with Crippen molar-refractivity contribution in [2.45, 2.75) is 13.3 Å². The molecule has 0 unspecified atom stereocenters. The monoisotopic (exact) mass is 448 g/mol. The SMILES string of the molecule is Cc1ccc2nc(-c3ccc(NC(=O)Cc4coc5ccc6ccccc6c45)cc3)sc2c1. The summed E-state index contributed by atoms with van der Waals surface area (Å²) in [6.07, 6.45) is 1.94. The quantitative estimate of drug-likeness (QED) is 0.307. The van der Waals surface area contributed by atoms with Crippen molar-refractivity contribution >= 4 is 54.9 Å². The Balaban J connectivity index is 1.22. The van der Waals surface area contributed by atoms with Crippen LogP contribution in [-0.4, -0.2) is 10.9 Å². The van der Waals surface area contributed by atoms with E-state index in [4.69, 9.17) is 9.40 Å². The van der Waals surface area contributed by atoms with Gasteiger partial charge in [-0.2, -0.15) is 0 Å². The van der Waals surface area contributed by atoms with Crippen LogP contribution in [0.2, 0.25) is 0 Å². The van der Waals surface area contributed by atoms with E-state index >= 15 is 0 Å². The minimum Gasteiger partial charge on any atom is -0.464 e. The van der Waals surface area contributed by atoms with Crippen LogP contribution < -0.4 is 5.32 Å². The number of nitrogens with one attached hydrogen (secondary N) is 1. The Bertz CT molecular complexity index is 1640. The van der Waals surface area contributed by atoms with Crippen LogP contribution in [0.4, 0.5) is 5.69 Å². The Hall–Kier alpha value is -3.96. The topological polar surface area (TPSA) is 55.1 Å². The highest BCUT2D eigenvalue weighted by Gasteiger charge is 2.14. The first-order valence-corrected chi connectivity index (χ1v) is 11.6. The van der Waals surface area contributed by atoms with E-state index in [0.717, 1.165) is 49.1 Å². The third kappa shape index (κ3) is 3.66. The minimum atomic E-state index is -0.0751. The number of aromatic nitrogens is 1. The molecule has 0 radical (unpaired) electrons. The van der Waals surface area contributed by atoms with Crippen LogP contribution in [0, 0.1) is 6.92 Å². The predicted octanol–water partition coefficient (Wildman–Crippen LogP) is 7.35. The van der Waals surface area contributed by atoms with Crippen LogP contribution in [0.25, 0.3) is 42.5 Å². The maximum absolute atomic E-state index is 12.8. The Labute approximate surface area is 194 Å². The van der Waals surface area contributed by atoms with Gasteiger partial charge in [-0.25, -0.2) is 4.98 Å². The second-order valence-electron chi connectivity index (χ2n) is 8.21. The average molecular weight is 449 g/mol. The van der Waals surface area contributed by atoms with Crippen molar-refractivity contribution in [1.29, 1.82) is 0 Å². The highest BCUT2D eigenvalue weighted by molar-refractivity contribution is 7.21. The number of carbonyl (C=O) groups excluding carboxylic acids is 1. The van der Waals surface area contributed by atoms with Gasteiger partial charge in [0.15, 0.2) is 0 Å². The van der Waals surface area contributed by atoms with Gasteiger partial charge in [-0.15, -0.1) is 11.3 Å². The highest BCUT2D eigenvalue weighted by atomic mass is 32.1. The van der Waals surface area contributed by atoms with E-state index < -0.39 is 0 Å². The number of carbonyl (C=O) groups is 1. The molecule has 0 bridgehead atoms. The summed E-state index contributed by atoms with van der Waals surface area (Å²) in [7, 11) is 0. The van der Waals surface area contributed by atoms with Gasteiger partial charge in [0.1, 0.15) is 10.6 Å². The van der Waals surface area contributed by atoms with Gasteiger partial charge < -0.3 is 9.73 Å². The number of rotatable bonds is 4. The molecule has 0 aliphatic carbocycles. The number of nitrogens with zero attached hydrogens (tertiary/aromatic N) is 1. The summed E-state index contributed by atoms with van der Waals surface area (Å²) in [4.78, 5) is 17.5. The zero-order valence-corrected chi connectivity index (χ0v) is 18.8. The summed E-state index contributed by atoms with van der Waals surface area (Å²) in [5.41, 5.74) is 5.73. The molecule has 5 heteroatoms. The number of hydrogen-bond donors (Lipinski definition) is 1. The lowest BCUT2D eigenvalue weighted by Gasteiger charge is -2.06. The molecule has 6 rings (SSSR count). The van der Waals surface area contributed by atoms with Gasteiger partial charge in [0.25, 0.3) is 0 Å². The van der Waals surface area contributed by atoms with Crippen LogP contribution in [0.15, 0.2) is 89.5 Å². The summed E-state index contributed by atoms with van der Waals surface area (Å²) in [6.45, 7) is 2.09. The van der Waals surface area contributed by atoms with Gasteiger partial charge in [0.05, 0.1) is 22.9 Å². The van der Waals surface area contributed by atoms with E-state index in [1.54, 1.807) is 17.6 Å². The normalized spacial score (nSPS) is 11.4. The molecular weight excluding hydrogens is 428 g/mol. The number of furan rings is 1. The molecule has 0 spiro atoms. The van der Waals surface area contributed by atoms with E-state index in [9.17, 15) is 4.79 Å². The molecule has 0 saturated heterocycles. The van der Waals surface area contributed by atoms with Crippen molar-refractivity contribution in [3.63, 3.8) is 0 Å². The summed E-state index contributed by atoms with van der Waals surface area (Å²) in [6, 6.07) is 26.3. The lowest BCUT2D eigenvalue weighted by molar-refractivity contribution is -0.115. The van der Waals surface area contributed by atoms with Crippen molar-refractivity contribution < 1.29 is 9.21 Å². The van der Waals surface area contributed by atoms with Crippen molar-refractivity contribution in [1.82, 2.24) is 4.98 Å². The molecule has 2 aromatic heterocycles. The van der Waals surface area contributed by atoms with Crippen molar-refractivity contribution in [3.05, 3.63) is 96.3 Å². The summed E-state index contributed by atoms with van der Waals surface area (Å²) in [5, 5.41) is 7.22. The minimum absolute atomic E-state index is 0.0751. The Morgan fingerprint density at radius 1 is 1.00 bits per heavy atom. The van der Waals surface area contributed by atoms with Crippen LogP contribution in [0.3, 0.4) is 0 Å². The molecule has 0 saturated carbocycles. The lowest BCUT2D eigenvalue weighted by Crippen LogP contribution is -2.14. The van der Waals surface area contributed by atoms with Crippen LogP contribution in [0.1, 0.15) is 11.1 Å². The third-order valence-electron chi connectivity index (χ3n) is 5.85. The molecule has 33 heavy (non-hydrogen) atoms. The molecule has 1 N–H and O–H groups in total. The van der Waals surface area contributed by atoms with Crippen LogP contribution >= 0.6 is 11.3 Å². The van der Waals surface area contributed by atoms with Gasteiger partial charge in [-0.05, 0) is 65.7 Å². The molecule has 4 aromatic carbocycles. The molecule has 6 aromatic rings. The number of fused-ring (bicyclic) bond motifs is 4. The molecule has 0 atom stereocenters. The zero-order valence-electron chi connectivity index (χ0n) is 18.0. The Morgan fingerprint density at radius 3 is 2.73 bits per heavy atom. The average Bonchev–Trinajstić information content (AvgIpc) is 3.43. The zero-order chi connectivity index (χ0) is 22.4. The van der Waals surface area contributed by atoms with Gasteiger partial charge in [0, 0.05) is 22.2 Å². The molecule has 1 amide bonds. The number of benzene rings is 4. The molecule has 160 valence electrons. The number of amides is 1. The van der Waals surface area contributed by atoms with E-state index in [2.05, 4.69) is 42.6 Å². The smallest absolute Gasteiger partial charge is 0.228 e. The summed E-state index contributed by atoms with van der Waals surface area (Å²) in [5.74, 6) is -0.0751. The number of anilines is 1. The molecule has 0 aliphatic rings. The van der Waals surface area contributed by atoms with Crippen molar-refractivity contribution in [3.8, 4) is 10.6 Å². The summed E-state index contributed by atoms with van der Waals surface area (Å²) >= 11 is 1.68. The van der Waals surface area contributed by atoms with Crippen LogP contribution in [-0.2, 0) is 11.2 Å². The standard InChI is InChI=1S/C28H20N2O2S/c1-17-6-12-23-25(14-17)33-28(30-23)19-7-10-21(11-8-19)29-26(31)15-20-16-32-24-13-9-18-4-2-3-5-22(18)27(20)24/h2-14,16H,15H2,1H3,(H,29,31). The van der Waals surface area contributed by atoms with E-state index in [1.165, 1.54) is 10.3 Å². The van der Waals surface area contributed by atoms with Gasteiger partial charge in [-0.1, -0.05) is 36.4 Å². The first kappa shape index (κ1) is 19.7. The first-order chi connectivity index (χ1) is 16.1. The van der Waals surface area contributed by atoms with E-state index in [0.29, 0.717) is 0 Å². The van der Waals surface area contributed by atoms with Crippen LogP contribution in [0.5, 0.6) is 0 Å². The number of hydrogen-bond acceptors (Lipinski definition) is 4. The fourth-order valence-electron chi connectivity index (χ4n) is 4.23. The lowest BCUT2D eigenvalue weighted by atomic mass is 10.0. The number of thiazole rings is 1. The van der Waals surface area contributed by atoms with Gasteiger partial charge >= 0.3 is 0 Å². The van der Waals surface area contributed by atoms with Crippen molar-refractivity contribution in [2.75, 3.05) is 5.32 Å². The van der Waals surface area contributed by atoms with Gasteiger partial charge in [0.2, 0.25) is 5.91 Å². The summed E-state index contributed by atoms with van der Waals surface area (Å²) < 4.78 is 6.90. The second-order valence-corrected chi connectivity index (χ2v) is 9.24. The largest absolute Gasteiger partial charge is 0.464 e. The molecule has 0 fully saturated rings. The fourth-order valence-corrected chi connectivity index (χ4v) is 5.30. The van der Waals surface area contributed by atoms with Gasteiger partial charge in [-0.3, -0.25) is 4.79 Å². The molecular formula is C28H20N2O2S. The predicted molar refractivity (Wildman–Crippen MR) is 136 cm³/mol. The second kappa shape index (κ2) is 7.87. The first-order valence-electron chi connectivity index (χ1n) is 10.8. The van der Waals surface area contributed by atoms with Crippen molar-refractivity contribution in [2.24, 2.45) is 0 Å². The maximum atomic E-state index is 12.8. The number of aryl methyl sites for hydroxylation is 1. The molecule has 4 nitrogen and oxygen atoms in total. The van der Waals surface area contributed by atoms with E-state index in [1.807, 2.05) is 48.5 Å².